The quantitative estimate of drug-likeness (QED) is 0.206. The van der Waals surface area contributed by atoms with Crippen LogP contribution in [0.2, 0.25) is 5.04 Å². The van der Waals surface area contributed by atoms with Gasteiger partial charge in [0.05, 0.1) is 0 Å². The molecule has 2 aliphatic carbocycles. The Morgan fingerprint density at radius 2 is 1.40 bits per heavy atom. The van der Waals surface area contributed by atoms with Gasteiger partial charge in [0.2, 0.25) is 0 Å². The van der Waals surface area contributed by atoms with Gasteiger partial charge in [-0.25, -0.2) is 0 Å². The molecule has 5 unspecified atom stereocenters. The first-order chi connectivity index (χ1) is 19.0. The van der Waals surface area contributed by atoms with Crippen molar-refractivity contribution in [2.45, 2.75) is 97.8 Å². The van der Waals surface area contributed by atoms with Crippen molar-refractivity contribution in [2.24, 2.45) is 23.7 Å². The van der Waals surface area contributed by atoms with E-state index in [4.69, 9.17) is 9.16 Å². The Bertz CT molecular complexity index is 1120. The first kappa shape index (κ1) is 30.5. The molecule has 0 saturated carbocycles. The highest BCUT2D eigenvalue weighted by Gasteiger charge is 2.52. The zero-order chi connectivity index (χ0) is 28.9. The molecular formula is C36H50O3Si. The molecule has 0 aliphatic heterocycles. The van der Waals surface area contributed by atoms with Crippen LogP contribution in [0.25, 0.3) is 0 Å². The van der Waals surface area contributed by atoms with E-state index in [9.17, 15) is 4.79 Å². The van der Waals surface area contributed by atoms with Gasteiger partial charge in [-0.15, -0.1) is 0 Å². The van der Waals surface area contributed by atoms with E-state index in [0.29, 0.717) is 23.7 Å². The fourth-order valence-electron chi connectivity index (χ4n) is 7.39. The van der Waals surface area contributed by atoms with Crippen LogP contribution in [0.3, 0.4) is 0 Å². The third kappa shape index (κ3) is 6.71. The van der Waals surface area contributed by atoms with Crippen molar-refractivity contribution in [1.29, 1.82) is 0 Å². The Morgan fingerprint density at radius 1 is 0.850 bits per heavy atom. The van der Waals surface area contributed by atoms with Crippen LogP contribution in [0.4, 0.5) is 0 Å². The normalized spacial score (nSPS) is 26.1. The number of hydrogen-bond donors (Lipinski definition) is 0. The Morgan fingerprint density at radius 3 is 1.90 bits per heavy atom. The van der Waals surface area contributed by atoms with Crippen LogP contribution in [0.15, 0.2) is 84.5 Å². The Balaban J connectivity index is 1.80. The van der Waals surface area contributed by atoms with E-state index in [2.05, 4.69) is 120 Å². The van der Waals surface area contributed by atoms with Gasteiger partial charge in [-0.05, 0) is 71.7 Å². The number of allylic oxidation sites excluding steroid dienone is 2. The lowest BCUT2D eigenvalue weighted by Gasteiger charge is -2.47. The maximum absolute atomic E-state index is 12.0. The molecule has 3 nitrogen and oxygen atoms in total. The molecule has 2 aromatic carbocycles. The predicted molar refractivity (Wildman–Crippen MR) is 169 cm³/mol. The Labute approximate surface area is 244 Å². The second-order valence-corrected chi connectivity index (χ2v) is 17.7. The highest BCUT2D eigenvalue weighted by Crippen LogP contribution is 2.46. The summed E-state index contributed by atoms with van der Waals surface area (Å²) in [4.78, 5) is 12.0. The van der Waals surface area contributed by atoms with Crippen LogP contribution in [0.1, 0.15) is 80.6 Å². The molecule has 0 bridgehead atoms. The molecule has 0 heterocycles. The summed E-state index contributed by atoms with van der Waals surface area (Å²) < 4.78 is 13.6. The van der Waals surface area contributed by atoms with Crippen molar-refractivity contribution in [2.75, 3.05) is 0 Å². The van der Waals surface area contributed by atoms with E-state index in [1.165, 1.54) is 15.9 Å². The fourth-order valence-corrected chi connectivity index (χ4v) is 12.1. The second-order valence-electron chi connectivity index (χ2n) is 13.4. The van der Waals surface area contributed by atoms with Gasteiger partial charge in [0.1, 0.15) is 6.10 Å². The molecule has 0 aromatic heterocycles. The van der Waals surface area contributed by atoms with Crippen LogP contribution < -0.4 is 10.4 Å². The molecule has 2 aliphatic rings. The van der Waals surface area contributed by atoms with Crippen molar-refractivity contribution < 1.29 is 14.0 Å². The zero-order valence-corrected chi connectivity index (χ0v) is 26.7. The number of benzene rings is 2. The molecule has 40 heavy (non-hydrogen) atoms. The van der Waals surface area contributed by atoms with Crippen LogP contribution in [0, 0.1) is 23.7 Å². The second kappa shape index (κ2) is 13.0. The van der Waals surface area contributed by atoms with Gasteiger partial charge in [0, 0.05) is 19.4 Å². The molecule has 216 valence electrons. The van der Waals surface area contributed by atoms with Gasteiger partial charge in [-0.3, -0.25) is 4.79 Å². The number of rotatable bonds is 6. The molecule has 4 rings (SSSR count). The minimum atomic E-state index is -2.68. The van der Waals surface area contributed by atoms with Crippen LogP contribution in [0.5, 0.6) is 0 Å². The van der Waals surface area contributed by atoms with E-state index < -0.39 is 8.32 Å². The molecule has 0 saturated heterocycles. The zero-order valence-electron chi connectivity index (χ0n) is 25.7. The molecule has 0 radical (unpaired) electrons. The summed E-state index contributed by atoms with van der Waals surface area (Å²) in [5, 5.41) is 2.60. The van der Waals surface area contributed by atoms with Gasteiger partial charge >= 0.3 is 5.97 Å². The molecule has 0 fully saturated rings. The maximum atomic E-state index is 12.0. The van der Waals surface area contributed by atoms with E-state index in [1.807, 2.05) is 0 Å². The highest BCUT2D eigenvalue weighted by atomic mass is 28.4. The minimum absolute atomic E-state index is 0.0630. The van der Waals surface area contributed by atoms with Gasteiger partial charge in [-0.1, -0.05) is 119 Å². The number of fused-ring (bicyclic) bond motifs is 1. The lowest BCUT2D eigenvalue weighted by atomic mass is 9.64. The average molecular weight is 559 g/mol. The smallest absolute Gasteiger partial charge is 0.302 e. The summed E-state index contributed by atoms with van der Waals surface area (Å²) in [6.07, 6.45) is 11.6. The summed E-state index contributed by atoms with van der Waals surface area (Å²) in [5.74, 6) is 1.84. The van der Waals surface area contributed by atoms with E-state index in [-0.39, 0.29) is 23.2 Å². The number of carbonyl (C=O) groups excluding carboxylic acids is 1. The lowest BCUT2D eigenvalue weighted by Crippen LogP contribution is -2.67. The first-order valence-electron chi connectivity index (χ1n) is 15.3. The fraction of sp³-hybridized carbons (Fsp3) is 0.528. The van der Waals surface area contributed by atoms with Gasteiger partial charge < -0.3 is 9.16 Å². The van der Waals surface area contributed by atoms with Gasteiger partial charge in [-0.2, -0.15) is 0 Å². The third-order valence-corrected chi connectivity index (χ3v) is 14.4. The number of hydrogen-bond acceptors (Lipinski definition) is 3. The van der Waals surface area contributed by atoms with Gasteiger partial charge in [0.15, 0.2) is 0 Å². The first-order valence-corrected chi connectivity index (χ1v) is 17.2. The lowest BCUT2D eigenvalue weighted by molar-refractivity contribution is -0.147. The van der Waals surface area contributed by atoms with Gasteiger partial charge in [0.25, 0.3) is 8.32 Å². The summed E-state index contributed by atoms with van der Waals surface area (Å²) in [6, 6.07) is 22.0. The molecule has 2 aromatic rings. The summed E-state index contributed by atoms with van der Waals surface area (Å²) in [7, 11) is -2.68. The van der Waals surface area contributed by atoms with Crippen LogP contribution in [-0.4, -0.2) is 26.5 Å². The molecule has 0 amide bonds. The summed E-state index contributed by atoms with van der Waals surface area (Å²) >= 11 is 0. The van der Waals surface area contributed by atoms with Crippen molar-refractivity contribution >= 4 is 24.7 Å². The summed E-state index contributed by atoms with van der Waals surface area (Å²) in [5.41, 5.74) is 1.48. The van der Waals surface area contributed by atoms with Crippen molar-refractivity contribution in [1.82, 2.24) is 0 Å². The Hall–Kier alpha value is -2.43. The Kier molecular flexibility index (Phi) is 9.95. The van der Waals surface area contributed by atoms with Crippen molar-refractivity contribution in [3.05, 3.63) is 84.5 Å². The van der Waals surface area contributed by atoms with Crippen LogP contribution >= 0.6 is 0 Å². The maximum Gasteiger partial charge on any atom is 0.302 e. The standard InChI is InChI=1S/C36H50O3Si/c1-26(2)33-23-22-27(3)34-25-30(17-15-14-16-29(24-35(33)34)38-28(4)37)39-40(36(5,6)7,31-18-10-8-11-19-31)32-20-12-9-13-21-32/h8-15,18-22,26,29-30,33-35H,16-17,23-25H2,1-7H3. The average Bonchev–Trinajstić information content (AvgIpc) is 2.91. The van der Waals surface area contributed by atoms with E-state index in [0.717, 1.165) is 32.1 Å². The number of esters is 1. The third-order valence-electron chi connectivity index (χ3n) is 9.33. The van der Waals surface area contributed by atoms with Crippen molar-refractivity contribution in [3.63, 3.8) is 0 Å². The molecule has 4 heteroatoms. The summed E-state index contributed by atoms with van der Waals surface area (Å²) in [6.45, 7) is 15.7. The van der Waals surface area contributed by atoms with E-state index in [1.54, 1.807) is 6.92 Å². The predicted octanol–water partition coefficient (Wildman–Crippen LogP) is 7.85. The molecule has 5 atom stereocenters. The molecule has 0 spiro atoms. The minimum Gasteiger partial charge on any atom is -0.462 e. The number of carbonyl (C=O) groups is 1. The topological polar surface area (TPSA) is 35.5 Å². The monoisotopic (exact) mass is 558 g/mol. The number of ether oxygens (including phenoxy) is 1. The van der Waals surface area contributed by atoms with Crippen LogP contribution in [-0.2, 0) is 14.0 Å². The highest BCUT2D eigenvalue weighted by molar-refractivity contribution is 6.99. The molecular weight excluding hydrogens is 508 g/mol. The van der Waals surface area contributed by atoms with Crippen molar-refractivity contribution in [3.8, 4) is 0 Å². The van der Waals surface area contributed by atoms with E-state index >= 15 is 0 Å². The molecule has 0 N–H and O–H groups in total. The SMILES string of the molecule is CC(=O)OC1CC=CCC(O[Si](c2ccccc2)(c2ccccc2)C(C)(C)C)CC2C(C)=CCC(C(C)C)C2C1. The largest absolute Gasteiger partial charge is 0.462 e.